The predicted molar refractivity (Wildman–Crippen MR) is 127 cm³/mol. The molecule has 0 radical (unpaired) electrons. The highest BCUT2D eigenvalue weighted by Crippen LogP contribution is 2.30. The largest absolute Gasteiger partial charge is 0.481 e. The van der Waals surface area contributed by atoms with Crippen LogP contribution in [0.15, 0.2) is 73.4 Å². The molecule has 0 aliphatic heterocycles. The molecule has 0 spiro atoms. The molecule has 5 aromatic rings. The molecule has 1 N–H and O–H groups in total. The van der Waals surface area contributed by atoms with E-state index in [1.807, 2.05) is 60.4 Å². The number of fused-ring (bicyclic) bond motifs is 1. The highest BCUT2D eigenvalue weighted by Gasteiger charge is 2.11. The smallest absolute Gasteiger partial charge is 0.221 e. The molecule has 0 aliphatic rings. The Balaban J connectivity index is 1.60. The van der Waals surface area contributed by atoms with Crippen molar-refractivity contribution in [2.24, 2.45) is 7.05 Å². The monoisotopic (exact) mass is 438 g/mol. The number of hydrogen-bond acceptors (Lipinski definition) is 5. The van der Waals surface area contributed by atoms with Crippen LogP contribution in [0.5, 0.6) is 5.88 Å². The van der Waals surface area contributed by atoms with Gasteiger partial charge in [-0.1, -0.05) is 6.07 Å². The Kier molecular flexibility index (Phi) is 5.10. The second-order valence-corrected chi connectivity index (χ2v) is 7.76. The molecule has 0 fully saturated rings. The van der Waals surface area contributed by atoms with Crippen molar-refractivity contribution < 1.29 is 9.53 Å². The second kappa shape index (κ2) is 8.23. The van der Waals surface area contributed by atoms with Gasteiger partial charge in [-0.05, 0) is 47.5 Å². The number of rotatable bonds is 5. The molecule has 0 saturated carbocycles. The summed E-state index contributed by atoms with van der Waals surface area (Å²) in [6, 6.07) is 15.8. The topological polar surface area (TPSA) is 86.9 Å². The van der Waals surface area contributed by atoms with Crippen molar-refractivity contribution in [1.29, 1.82) is 0 Å². The number of nitrogens with one attached hydrogen (secondary N) is 1. The first-order valence-corrected chi connectivity index (χ1v) is 10.4. The molecule has 1 amide bonds. The fourth-order valence-corrected chi connectivity index (χ4v) is 3.83. The van der Waals surface area contributed by atoms with Crippen molar-refractivity contribution in [3.05, 3.63) is 73.4 Å². The maximum absolute atomic E-state index is 11.8. The van der Waals surface area contributed by atoms with Gasteiger partial charge in [-0.2, -0.15) is 5.10 Å². The van der Waals surface area contributed by atoms with E-state index < -0.39 is 0 Å². The van der Waals surface area contributed by atoms with Crippen molar-refractivity contribution >= 4 is 22.6 Å². The van der Waals surface area contributed by atoms with Crippen LogP contribution in [-0.4, -0.2) is 37.3 Å². The van der Waals surface area contributed by atoms with Crippen molar-refractivity contribution in [3.8, 4) is 33.8 Å². The third-order valence-corrected chi connectivity index (χ3v) is 5.38. The lowest BCUT2D eigenvalue weighted by Crippen LogP contribution is -2.06. The summed E-state index contributed by atoms with van der Waals surface area (Å²) in [4.78, 5) is 20.7. The second-order valence-electron chi connectivity index (χ2n) is 7.76. The Morgan fingerprint density at radius 3 is 2.48 bits per heavy atom. The summed E-state index contributed by atoms with van der Waals surface area (Å²) in [5.74, 6) is 0.407. The Bertz CT molecular complexity index is 1470. The fraction of sp³-hybridized carbons (Fsp3) is 0.120. The van der Waals surface area contributed by atoms with Gasteiger partial charge in [0.05, 0.1) is 24.3 Å². The summed E-state index contributed by atoms with van der Waals surface area (Å²) in [5, 5.41) is 7.15. The van der Waals surface area contributed by atoms with E-state index in [0.29, 0.717) is 11.6 Å². The molecule has 2 aromatic carbocycles. The molecule has 5 rings (SSSR count). The van der Waals surface area contributed by atoms with Crippen LogP contribution in [0.3, 0.4) is 0 Å². The van der Waals surface area contributed by atoms with Gasteiger partial charge in [0.25, 0.3) is 0 Å². The number of imidazole rings is 1. The summed E-state index contributed by atoms with van der Waals surface area (Å²) in [7, 11) is 3.48. The number of methoxy groups -OCH3 is 1. The van der Waals surface area contributed by atoms with E-state index in [-0.39, 0.29) is 5.91 Å². The van der Waals surface area contributed by atoms with Gasteiger partial charge < -0.3 is 10.1 Å². The minimum Gasteiger partial charge on any atom is -0.481 e. The predicted octanol–water partition coefficient (Wildman–Crippen LogP) is 4.46. The zero-order valence-corrected chi connectivity index (χ0v) is 18.5. The summed E-state index contributed by atoms with van der Waals surface area (Å²) >= 11 is 0. The lowest BCUT2D eigenvalue weighted by atomic mass is 10.1. The number of aryl methyl sites for hydroxylation is 1. The Labute approximate surface area is 190 Å². The Morgan fingerprint density at radius 1 is 0.939 bits per heavy atom. The highest BCUT2D eigenvalue weighted by molar-refractivity contribution is 5.91. The SMILES string of the molecule is COc1ccc(-c2cc(NC(C)=O)cc(-n3cnc4cc(-c5cnn(C)c5)ccc43)c2)cn1. The van der Waals surface area contributed by atoms with Crippen LogP contribution in [0.4, 0.5) is 5.69 Å². The third-order valence-electron chi connectivity index (χ3n) is 5.38. The molecular formula is C25H22N6O2. The van der Waals surface area contributed by atoms with E-state index in [9.17, 15) is 4.79 Å². The normalized spacial score (nSPS) is 11.0. The van der Waals surface area contributed by atoms with E-state index in [0.717, 1.165) is 39.0 Å². The molecule has 33 heavy (non-hydrogen) atoms. The molecule has 0 atom stereocenters. The molecule has 0 aliphatic carbocycles. The average molecular weight is 438 g/mol. The van der Waals surface area contributed by atoms with Crippen LogP contribution in [-0.2, 0) is 11.8 Å². The third kappa shape index (κ3) is 4.06. The van der Waals surface area contributed by atoms with Gasteiger partial charge in [0.1, 0.15) is 6.33 Å². The Hall–Kier alpha value is -4.46. The summed E-state index contributed by atoms with van der Waals surface area (Å²) in [6.45, 7) is 1.49. The molecule has 3 heterocycles. The molecule has 164 valence electrons. The number of ether oxygens (including phenoxy) is 1. The number of nitrogens with zero attached hydrogens (tertiary/aromatic N) is 5. The zero-order valence-electron chi connectivity index (χ0n) is 18.5. The van der Waals surface area contributed by atoms with Gasteiger partial charge in [-0.3, -0.25) is 14.0 Å². The number of anilines is 1. The minimum atomic E-state index is -0.137. The number of pyridine rings is 1. The lowest BCUT2D eigenvalue weighted by molar-refractivity contribution is -0.114. The van der Waals surface area contributed by atoms with E-state index >= 15 is 0 Å². The maximum atomic E-state index is 11.8. The van der Waals surface area contributed by atoms with Gasteiger partial charge in [0.2, 0.25) is 11.8 Å². The molecule has 8 heteroatoms. The van der Waals surface area contributed by atoms with Crippen molar-refractivity contribution in [2.75, 3.05) is 12.4 Å². The van der Waals surface area contributed by atoms with Crippen molar-refractivity contribution in [3.63, 3.8) is 0 Å². The molecule has 8 nitrogen and oxygen atoms in total. The number of carbonyl (C=O) groups is 1. The maximum Gasteiger partial charge on any atom is 0.221 e. The number of aromatic nitrogens is 5. The summed E-state index contributed by atoms with van der Waals surface area (Å²) < 4.78 is 8.96. The Morgan fingerprint density at radius 2 is 1.79 bits per heavy atom. The van der Waals surface area contributed by atoms with Gasteiger partial charge in [0.15, 0.2) is 0 Å². The number of carbonyl (C=O) groups excluding carboxylic acids is 1. The molecular weight excluding hydrogens is 416 g/mol. The van der Waals surface area contributed by atoms with Gasteiger partial charge in [-0.15, -0.1) is 0 Å². The number of benzene rings is 2. The van der Waals surface area contributed by atoms with E-state index in [2.05, 4.69) is 32.5 Å². The molecule has 0 bridgehead atoms. The first-order valence-electron chi connectivity index (χ1n) is 10.4. The molecule has 3 aromatic heterocycles. The highest BCUT2D eigenvalue weighted by atomic mass is 16.5. The van der Waals surface area contributed by atoms with Gasteiger partial charge in [-0.25, -0.2) is 9.97 Å². The lowest BCUT2D eigenvalue weighted by Gasteiger charge is -2.12. The summed E-state index contributed by atoms with van der Waals surface area (Å²) in [6.07, 6.45) is 7.36. The van der Waals surface area contributed by atoms with Gasteiger partial charge >= 0.3 is 0 Å². The first kappa shape index (κ1) is 20.4. The number of hydrogen-bond donors (Lipinski definition) is 1. The first-order chi connectivity index (χ1) is 16.0. The van der Waals surface area contributed by atoms with Crippen molar-refractivity contribution in [2.45, 2.75) is 6.92 Å². The van der Waals surface area contributed by atoms with Gasteiger partial charge in [0, 0.05) is 54.9 Å². The molecule has 0 saturated heterocycles. The van der Waals surface area contributed by atoms with Crippen LogP contribution >= 0.6 is 0 Å². The van der Waals surface area contributed by atoms with E-state index in [1.54, 1.807) is 24.3 Å². The van der Waals surface area contributed by atoms with Crippen LogP contribution in [0.2, 0.25) is 0 Å². The standard InChI is InChI=1S/C25H22N6O2/c1-16(32)29-21-8-19(18-5-7-25(33-3)26-12-18)9-22(11-21)31-15-27-23-10-17(4-6-24(23)31)20-13-28-30(2)14-20/h4-15H,1-3H3,(H,29,32). The fourth-order valence-electron chi connectivity index (χ4n) is 3.83. The van der Waals surface area contributed by atoms with Crippen LogP contribution in [0, 0.1) is 0 Å². The van der Waals surface area contributed by atoms with Crippen LogP contribution < -0.4 is 10.1 Å². The average Bonchev–Trinajstić information content (AvgIpc) is 3.44. The summed E-state index contributed by atoms with van der Waals surface area (Å²) in [5.41, 5.74) is 7.32. The van der Waals surface area contributed by atoms with E-state index in [1.165, 1.54) is 6.92 Å². The van der Waals surface area contributed by atoms with Crippen molar-refractivity contribution in [1.82, 2.24) is 24.3 Å². The zero-order chi connectivity index (χ0) is 22.9. The van der Waals surface area contributed by atoms with Crippen LogP contribution in [0.25, 0.3) is 39.0 Å². The molecule has 0 unspecified atom stereocenters. The number of amides is 1. The van der Waals surface area contributed by atoms with E-state index in [4.69, 9.17) is 4.74 Å². The quantitative estimate of drug-likeness (QED) is 0.438. The van der Waals surface area contributed by atoms with Crippen LogP contribution in [0.1, 0.15) is 6.92 Å². The minimum absolute atomic E-state index is 0.137.